The average molecular weight is 396 g/mol. The van der Waals surface area contributed by atoms with E-state index in [2.05, 4.69) is 0 Å². The summed E-state index contributed by atoms with van der Waals surface area (Å²) < 4.78 is 10.9. The molecule has 0 aliphatic rings. The third-order valence-corrected chi connectivity index (χ3v) is 4.21. The lowest BCUT2D eigenvalue weighted by molar-refractivity contribution is -0.150. The number of amides is 1. The van der Waals surface area contributed by atoms with Crippen molar-refractivity contribution < 1.29 is 24.2 Å². The number of carboxylic acids is 1. The fourth-order valence-electron chi connectivity index (χ4n) is 2.56. The molecule has 0 aliphatic heterocycles. The number of aliphatic carboxylic acids is 1. The zero-order valence-electron chi connectivity index (χ0n) is 16.9. The van der Waals surface area contributed by atoms with E-state index in [-0.39, 0.29) is 17.9 Å². The van der Waals surface area contributed by atoms with Crippen LogP contribution < -0.4 is 9.64 Å². The zero-order chi connectivity index (χ0) is 21.6. The molecule has 1 unspecified atom stereocenters. The molecule has 0 aliphatic carbocycles. The van der Waals surface area contributed by atoms with Crippen molar-refractivity contribution in [3.05, 3.63) is 59.7 Å². The van der Waals surface area contributed by atoms with Gasteiger partial charge in [0, 0.05) is 18.2 Å². The minimum atomic E-state index is -1.13. The van der Waals surface area contributed by atoms with E-state index in [1.807, 2.05) is 36.4 Å². The fraction of sp³-hybridized carbons (Fsp3) is 0.318. The fourth-order valence-corrected chi connectivity index (χ4v) is 2.56. The smallest absolute Gasteiger partial charge is 0.414 e. The summed E-state index contributed by atoms with van der Waals surface area (Å²) in [6, 6.07) is 15.8. The Morgan fingerprint density at radius 1 is 1.17 bits per heavy atom. The highest BCUT2D eigenvalue weighted by Crippen LogP contribution is 2.30. The van der Waals surface area contributed by atoms with E-state index in [4.69, 9.17) is 9.47 Å². The van der Waals surface area contributed by atoms with Gasteiger partial charge in [0.2, 0.25) is 0 Å². The predicted octanol–water partition coefficient (Wildman–Crippen LogP) is 4.21. The van der Waals surface area contributed by atoms with Gasteiger partial charge in [-0.05, 0) is 23.8 Å². The van der Waals surface area contributed by atoms with Crippen molar-refractivity contribution in [2.24, 2.45) is 5.41 Å². The van der Waals surface area contributed by atoms with E-state index in [1.54, 1.807) is 26.8 Å². The molecule has 0 spiro atoms. The second-order valence-corrected chi connectivity index (χ2v) is 7.59. The monoisotopic (exact) mass is 396 g/mol. The first kappa shape index (κ1) is 21.8. The first-order valence-electron chi connectivity index (χ1n) is 9.01. The molecule has 0 radical (unpaired) electrons. The van der Waals surface area contributed by atoms with Crippen molar-refractivity contribution in [3.8, 4) is 11.8 Å². The minimum Gasteiger partial charge on any atom is -0.478 e. The van der Waals surface area contributed by atoms with Gasteiger partial charge in [-0.3, -0.25) is 4.90 Å². The minimum absolute atomic E-state index is 0.126. The van der Waals surface area contributed by atoms with Gasteiger partial charge in [0.25, 0.3) is 0 Å². The molecule has 152 valence electrons. The molecule has 0 bridgehead atoms. The van der Waals surface area contributed by atoms with Crippen LogP contribution in [-0.2, 0) is 16.1 Å². The number of carbonyl (C=O) groups excluding carboxylic acids is 1. The van der Waals surface area contributed by atoms with Crippen molar-refractivity contribution in [2.45, 2.75) is 33.5 Å². The van der Waals surface area contributed by atoms with Crippen LogP contribution >= 0.6 is 0 Å². The van der Waals surface area contributed by atoms with E-state index >= 15 is 0 Å². The molecule has 7 nitrogen and oxygen atoms in total. The number of ether oxygens (including phenoxy) is 2. The molecule has 1 amide bonds. The van der Waals surface area contributed by atoms with Gasteiger partial charge in [-0.2, -0.15) is 5.26 Å². The number of carboxylic acid groups (broad SMARTS) is 1. The Balaban J connectivity index is 2.15. The van der Waals surface area contributed by atoms with Gasteiger partial charge >= 0.3 is 12.1 Å². The average Bonchev–Trinajstić information content (AvgIpc) is 2.69. The number of hydrogen-bond donors (Lipinski definition) is 1. The maximum atomic E-state index is 12.3. The van der Waals surface area contributed by atoms with Gasteiger partial charge in [-0.1, -0.05) is 51.1 Å². The van der Waals surface area contributed by atoms with Crippen LogP contribution in [0.15, 0.2) is 48.5 Å². The first-order chi connectivity index (χ1) is 13.6. The van der Waals surface area contributed by atoms with Gasteiger partial charge in [0.1, 0.15) is 18.4 Å². The number of nitriles is 1. The van der Waals surface area contributed by atoms with E-state index < -0.39 is 23.6 Å². The molecule has 2 aromatic rings. The molecular formula is C22H24N2O5. The van der Waals surface area contributed by atoms with Crippen LogP contribution in [0.5, 0.6) is 5.75 Å². The lowest BCUT2D eigenvalue weighted by Crippen LogP contribution is -2.39. The van der Waals surface area contributed by atoms with Crippen molar-refractivity contribution in [1.29, 1.82) is 5.26 Å². The number of rotatable bonds is 6. The summed E-state index contributed by atoms with van der Waals surface area (Å²) in [7, 11) is 1.53. The lowest BCUT2D eigenvalue weighted by Gasteiger charge is -2.28. The summed E-state index contributed by atoms with van der Waals surface area (Å²) in [5, 5.41) is 18.9. The van der Waals surface area contributed by atoms with Crippen molar-refractivity contribution in [3.63, 3.8) is 0 Å². The third kappa shape index (κ3) is 5.72. The summed E-state index contributed by atoms with van der Waals surface area (Å²) in [5.41, 5.74) is 0.739. The standard InChI is InChI=1S/C22H24N2O5/c1-22(2,3)19(20(25)26)29-18-11-10-17(12-16(18)13-23)24(4)21(27)28-14-15-8-6-5-7-9-15/h5-12,19H,14H2,1-4H3,(H,25,26). The van der Waals surface area contributed by atoms with Gasteiger partial charge < -0.3 is 14.6 Å². The highest BCUT2D eigenvalue weighted by atomic mass is 16.6. The molecule has 7 heteroatoms. The molecular weight excluding hydrogens is 372 g/mol. The van der Waals surface area contributed by atoms with Crippen LogP contribution in [0.2, 0.25) is 0 Å². The second-order valence-electron chi connectivity index (χ2n) is 7.59. The highest BCUT2D eigenvalue weighted by molar-refractivity contribution is 5.87. The summed E-state index contributed by atoms with van der Waals surface area (Å²) in [6.07, 6.45) is -1.71. The molecule has 0 fully saturated rings. The van der Waals surface area contributed by atoms with Crippen molar-refractivity contribution in [1.82, 2.24) is 0 Å². The Bertz CT molecular complexity index is 913. The van der Waals surface area contributed by atoms with Crippen LogP contribution in [0.3, 0.4) is 0 Å². The maximum absolute atomic E-state index is 12.3. The summed E-state index contributed by atoms with van der Waals surface area (Å²) in [4.78, 5) is 25.1. The van der Waals surface area contributed by atoms with Crippen LogP contribution in [0.4, 0.5) is 10.5 Å². The molecule has 2 rings (SSSR count). The Morgan fingerprint density at radius 3 is 2.38 bits per heavy atom. The number of carbonyl (C=O) groups is 2. The molecule has 1 N–H and O–H groups in total. The molecule has 0 aromatic heterocycles. The molecule has 0 saturated heterocycles. The normalized spacial score (nSPS) is 11.8. The lowest BCUT2D eigenvalue weighted by atomic mass is 9.89. The van der Waals surface area contributed by atoms with Gasteiger partial charge in [0.15, 0.2) is 6.10 Å². The summed E-state index contributed by atoms with van der Waals surface area (Å²) in [5.74, 6) is -0.975. The van der Waals surface area contributed by atoms with Crippen LogP contribution in [0.1, 0.15) is 31.9 Å². The SMILES string of the molecule is CN(C(=O)OCc1ccccc1)c1ccc(OC(C(=O)O)C(C)(C)C)c(C#N)c1. The zero-order valence-corrected chi connectivity index (χ0v) is 16.9. The molecule has 0 heterocycles. The van der Waals surface area contributed by atoms with Gasteiger partial charge in [0.05, 0.1) is 5.56 Å². The van der Waals surface area contributed by atoms with Crippen LogP contribution in [0.25, 0.3) is 0 Å². The van der Waals surface area contributed by atoms with Gasteiger partial charge in [-0.25, -0.2) is 9.59 Å². The highest BCUT2D eigenvalue weighted by Gasteiger charge is 2.34. The van der Waals surface area contributed by atoms with E-state index in [9.17, 15) is 20.0 Å². The van der Waals surface area contributed by atoms with E-state index in [0.717, 1.165) is 5.56 Å². The Labute approximate surface area is 170 Å². The van der Waals surface area contributed by atoms with Crippen LogP contribution in [0, 0.1) is 16.7 Å². The van der Waals surface area contributed by atoms with E-state index in [1.165, 1.54) is 24.1 Å². The Hall–Kier alpha value is -3.53. The maximum Gasteiger partial charge on any atom is 0.414 e. The second kappa shape index (κ2) is 9.11. The first-order valence-corrected chi connectivity index (χ1v) is 9.01. The summed E-state index contributed by atoms with van der Waals surface area (Å²) >= 11 is 0. The molecule has 29 heavy (non-hydrogen) atoms. The topological polar surface area (TPSA) is 99.9 Å². The van der Waals surface area contributed by atoms with Crippen LogP contribution in [-0.4, -0.2) is 30.3 Å². The van der Waals surface area contributed by atoms with Gasteiger partial charge in [-0.15, -0.1) is 0 Å². The quantitative estimate of drug-likeness (QED) is 0.785. The number of anilines is 1. The summed E-state index contributed by atoms with van der Waals surface area (Å²) in [6.45, 7) is 5.34. The Morgan fingerprint density at radius 2 is 1.83 bits per heavy atom. The largest absolute Gasteiger partial charge is 0.478 e. The Kier molecular flexibility index (Phi) is 6.84. The van der Waals surface area contributed by atoms with Crippen molar-refractivity contribution in [2.75, 3.05) is 11.9 Å². The number of benzene rings is 2. The number of nitrogens with zero attached hydrogens (tertiary/aromatic N) is 2. The third-order valence-electron chi connectivity index (χ3n) is 4.21. The molecule has 1 atom stereocenters. The molecule has 2 aromatic carbocycles. The molecule has 0 saturated carbocycles. The number of hydrogen-bond acceptors (Lipinski definition) is 5. The van der Waals surface area contributed by atoms with E-state index in [0.29, 0.717) is 5.69 Å². The predicted molar refractivity (Wildman–Crippen MR) is 108 cm³/mol. The van der Waals surface area contributed by atoms with Crippen molar-refractivity contribution >= 4 is 17.7 Å².